The van der Waals surface area contributed by atoms with Crippen LogP contribution in [0.2, 0.25) is 0 Å². The van der Waals surface area contributed by atoms with Gasteiger partial charge in [-0.1, -0.05) is 24.3 Å². The van der Waals surface area contributed by atoms with Crippen LogP contribution in [0, 0.1) is 5.41 Å². The topological polar surface area (TPSA) is 166 Å². The lowest BCUT2D eigenvalue weighted by Gasteiger charge is -2.28. The van der Waals surface area contributed by atoms with Crippen LogP contribution in [0.25, 0.3) is 17.1 Å². The zero-order valence-electron chi connectivity index (χ0n) is 21.0. The van der Waals surface area contributed by atoms with Gasteiger partial charge < -0.3 is 25.6 Å². The first-order chi connectivity index (χ1) is 18.6. The number of amidine groups is 1. The molecular weight excluding hydrogens is 518 g/mol. The second-order valence-corrected chi connectivity index (χ2v) is 10.8. The number of carboxylic acids is 1. The van der Waals surface area contributed by atoms with Crippen molar-refractivity contribution in [1.82, 2.24) is 9.55 Å². The number of nitrogens with two attached hydrogens (primary N) is 1. The molecule has 2 heterocycles. The van der Waals surface area contributed by atoms with E-state index >= 15 is 0 Å². The first-order valence-corrected chi connectivity index (χ1v) is 13.5. The van der Waals surface area contributed by atoms with Gasteiger partial charge in [0.25, 0.3) is 10.0 Å². The molecule has 3 aromatic carbocycles. The Morgan fingerprint density at radius 3 is 2.59 bits per heavy atom. The Morgan fingerprint density at radius 1 is 1.13 bits per heavy atom. The monoisotopic (exact) mass is 545 g/mol. The molecular formula is C27H27N7O4S. The highest BCUT2D eigenvalue weighted by molar-refractivity contribution is 7.92. The molecule has 0 radical (unpaired) electrons. The quantitative estimate of drug-likeness (QED) is 0.158. The van der Waals surface area contributed by atoms with Crippen LogP contribution < -0.4 is 20.7 Å². The molecule has 1 aromatic heterocycles. The minimum atomic E-state index is -4.04. The van der Waals surface area contributed by atoms with Crippen molar-refractivity contribution < 1.29 is 18.3 Å². The number of nitrogens with one attached hydrogen (secondary N) is 3. The fourth-order valence-electron chi connectivity index (χ4n) is 4.56. The molecule has 5 rings (SSSR count). The van der Waals surface area contributed by atoms with E-state index in [4.69, 9.17) is 11.1 Å². The average Bonchev–Trinajstić information content (AvgIpc) is 3.21. The Kier molecular flexibility index (Phi) is 6.71. The van der Waals surface area contributed by atoms with Gasteiger partial charge in [0.05, 0.1) is 29.0 Å². The number of hydrogen-bond donors (Lipinski definition) is 5. The van der Waals surface area contributed by atoms with Crippen LogP contribution >= 0.6 is 0 Å². The van der Waals surface area contributed by atoms with E-state index in [0.717, 1.165) is 17.0 Å². The minimum Gasteiger partial charge on any atom is -0.480 e. The second-order valence-electron chi connectivity index (χ2n) is 9.11. The Bertz CT molecular complexity index is 1730. The van der Waals surface area contributed by atoms with E-state index in [1.54, 1.807) is 54.6 Å². The number of para-hydroxylation sites is 1. The van der Waals surface area contributed by atoms with Crippen molar-refractivity contribution in [2.45, 2.75) is 11.4 Å². The maximum Gasteiger partial charge on any atom is 0.323 e. The highest BCUT2D eigenvalue weighted by Crippen LogP contribution is 2.34. The minimum absolute atomic E-state index is 0.00454. The Balaban J connectivity index is 1.39. The number of sulfonamides is 1. The molecule has 11 nitrogen and oxygen atoms in total. The van der Waals surface area contributed by atoms with E-state index in [2.05, 4.69) is 15.0 Å². The largest absolute Gasteiger partial charge is 0.480 e. The van der Waals surface area contributed by atoms with E-state index in [1.807, 2.05) is 23.7 Å². The van der Waals surface area contributed by atoms with Gasteiger partial charge in [0.15, 0.2) is 0 Å². The SMILES string of the molecule is Cn1c(CNc2ccc(C(=N)N)cc2)nc2cc(NS(=O)(=O)c3cccc4c3N(CC(=O)O)CC=C4)ccc21. The number of imidazole rings is 1. The molecule has 0 unspecified atom stereocenters. The molecule has 0 aliphatic carbocycles. The molecule has 0 fully saturated rings. The predicted molar refractivity (Wildman–Crippen MR) is 152 cm³/mol. The van der Waals surface area contributed by atoms with E-state index in [0.29, 0.717) is 41.1 Å². The molecule has 0 amide bonds. The smallest absolute Gasteiger partial charge is 0.323 e. The van der Waals surface area contributed by atoms with E-state index in [9.17, 15) is 18.3 Å². The van der Waals surface area contributed by atoms with Crippen molar-refractivity contribution in [1.29, 1.82) is 5.41 Å². The number of carbonyl (C=O) groups is 1. The predicted octanol–water partition coefficient (Wildman–Crippen LogP) is 3.19. The maximum atomic E-state index is 13.5. The van der Waals surface area contributed by atoms with Gasteiger partial charge in [0, 0.05) is 24.8 Å². The van der Waals surface area contributed by atoms with Gasteiger partial charge in [0.1, 0.15) is 23.1 Å². The summed E-state index contributed by atoms with van der Waals surface area (Å²) in [5.74, 6) is -0.297. The van der Waals surface area contributed by atoms with Crippen molar-refractivity contribution in [2.75, 3.05) is 28.0 Å². The second kappa shape index (κ2) is 10.1. The van der Waals surface area contributed by atoms with Gasteiger partial charge in [-0.15, -0.1) is 0 Å². The Hall–Kier alpha value is -4.84. The molecule has 4 aromatic rings. The fourth-order valence-corrected chi connectivity index (χ4v) is 5.87. The third-order valence-electron chi connectivity index (χ3n) is 6.46. The molecule has 0 bridgehead atoms. The molecule has 1 aliphatic rings. The van der Waals surface area contributed by atoms with E-state index in [-0.39, 0.29) is 17.3 Å². The first-order valence-electron chi connectivity index (χ1n) is 12.1. The van der Waals surface area contributed by atoms with Gasteiger partial charge in [-0.2, -0.15) is 0 Å². The van der Waals surface area contributed by atoms with Gasteiger partial charge in [-0.25, -0.2) is 13.4 Å². The number of fused-ring (bicyclic) bond motifs is 2. The van der Waals surface area contributed by atoms with Gasteiger partial charge in [-0.05, 0) is 54.1 Å². The molecule has 6 N–H and O–H groups in total. The lowest BCUT2D eigenvalue weighted by molar-refractivity contribution is -0.135. The van der Waals surface area contributed by atoms with Crippen LogP contribution in [0.3, 0.4) is 0 Å². The number of benzene rings is 3. The first kappa shape index (κ1) is 25.8. The lowest BCUT2D eigenvalue weighted by Crippen LogP contribution is -2.33. The van der Waals surface area contributed by atoms with Crippen molar-refractivity contribution in [2.24, 2.45) is 12.8 Å². The highest BCUT2D eigenvalue weighted by Gasteiger charge is 2.26. The molecule has 0 saturated carbocycles. The van der Waals surface area contributed by atoms with Crippen molar-refractivity contribution >= 4 is 56.0 Å². The summed E-state index contributed by atoms with van der Waals surface area (Å²) in [6.45, 7) is 0.402. The van der Waals surface area contributed by atoms with Crippen LogP contribution in [-0.2, 0) is 28.4 Å². The molecule has 0 atom stereocenters. The average molecular weight is 546 g/mol. The number of aryl methyl sites for hydroxylation is 1. The standard InChI is InChI=1S/C27H27N7O4S/c1-33-22-12-11-20(14-21(22)31-24(33)15-30-19-9-7-18(8-10-19)27(28)29)32-39(37,38)23-6-2-4-17-5-3-13-34(26(17)23)16-25(35)36/h2-12,14,30,32H,13,15-16H2,1H3,(H3,28,29)(H,35,36). The van der Waals surface area contributed by atoms with Crippen LogP contribution in [0.4, 0.5) is 17.1 Å². The Morgan fingerprint density at radius 2 is 1.87 bits per heavy atom. The van der Waals surface area contributed by atoms with Crippen molar-refractivity contribution in [3.63, 3.8) is 0 Å². The number of carboxylic acid groups (broad SMARTS) is 1. The summed E-state index contributed by atoms with van der Waals surface area (Å²) >= 11 is 0. The van der Waals surface area contributed by atoms with Gasteiger partial charge >= 0.3 is 5.97 Å². The van der Waals surface area contributed by atoms with Crippen LogP contribution in [-0.4, -0.2) is 48.0 Å². The van der Waals surface area contributed by atoms with Gasteiger partial charge in [-0.3, -0.25) is 14.9 Å². The molecule has 39 heavy (non-hydrogen) atoms. The number of aliphatic carboxylic acids is 1. The van der Waals surface area contributed by atoms with Crippen LogP contribution in [0.5, 0.6) is 0 Å². The number of hydrogen-bond acceptors (Lipinski definition) is 7. The molecule has 200 valence electrons. The van der Waals surface area contributed by atoms with Crippen LogP contribution in [0.1, 0.15) is 17.0 Å². The summed E-state index contributed by atoms with van der Waals surface area (Å²) in [5, 5.41) is 20.1. The maximum absolute atomic E-state index is 13.5. The summed E-state index contributed by atoms with van der Waals surface area (Å²) in [7, 11) is -2.16. The van der Waals surface area contributed by atoms with Crippen molar-refractivity contribution in [3.05, 3.63) is 83.7 Å². The Labute approximate surface area is 225 Å². The highest BCUT2D eigenvalue weighted by atomic mass is 32.2. The number of nitrogens with zero attached hydrogens (tertiary/aromatic N) is 3. The van der Waals surface area contributed by atoms with E-state index < -0.39 is 16.0 Å². The lowest BCUT2D eigenvalue weighted by atomic mass is 10.1. The number of nitrogen functional groups attached to an aromatic ring is 1. The van der Waals surface area contributed by atoms with Crippen LogP contribution in [0.15, 0.2) is 71.6 Å². The summed E-state index contributed by atoms with van der Waals surface area (Å²) in [4.78, 5) is 17.6. The van der Waals surface area contributed by atoms with Gasteiger partial charge in [0.2, 0.25) is 0 Å². The number of aromatic nitrogens is 2. The van der Waals surface area contributed by atoms with E-state index in [1.165, 1.54) is 11.0 Å². The zero-order chi connectivity index (χ0) is 27.7. The molecule has 12 heteroatoms. The summed E-state index contributed by atoms with van der Waals surface area (Å²) in [6.07, 6.45) is 3.59. The third kappa shape index (κ3) is 5.27. The molecule has 0 saturated heterocycles. The number of anilines is 3. The zero-order valence-corrected chi connectivity index (χ0v) is 21.9. The summed E-state index contributed by atoms with van der Waals surface area (Å²) in [6, 6.07) is 17.2. The normalized spacial score (nSPS) is 12.8. The number of rotatable bonds is 9. The third-order valence-corrected chi connectivity index (χ3v) is 7.87. The summed E-state index contributed by atoms with van der Waals surface area (Å²) < 4.78 is 31.5. The summed E-state index contributed by atoms with van der Waals surface area (Å²) in [5.41, 5.74) is 9.78. The molecule has 1 aliphatic heterocycles. The molecule has 0 spiro atoms. The van der Waals surface area contributed by atoms with Crippen molar-refractivity contribution in [3.8, 4) is 0 Å². The fraction of sp³-hybridized carbons (Fsp3) is 0.148.